The van der Waals surface area contributed by atoms with E-state index < -0.39 is 6.03 Å². The number of urea groups is 1. The van der Waals surface area contributed by atoms with Crippen LogP contribution in [0.3, 0.4) is 0 Å². The van der Waals surface area contributed by atoms with Crippen LogP contribution < -0.4 is 16.0 Å². The summed E-state index contributed by atoms with van der Waals surface area (Å²) in [6.07, 6.45) is 1.92. The van der Waals surface area contributed by atoms with Gasteiger partial charge in [0.05, 0.1) is 0 Å². The van der Waals surface area contributed by atoms with Gasteiger partial charge in [-0.05, 0) is 30.5 Å². The molecule has 1 fully saturated rings. The van der Waals surface area contributed by atoms with Crippen molar-refractivity contribution in [2.24, 2.45) is 0 Å². The number of nitrogen functional groups attached to an aromatic ring is 1. The summed E-state index contributed by atoms with van der Waals surface area (Å²) >= 11 is 0. The van der Waals surface area contributed by atoms with Gasteiger partial charge in [-0.15, -0.1) is 12.4 Å². The zero-order valence-corrected chi connectivity index (χ0v) is 13.4. The molecule has 4 amide bonds. The lowest BCUT2D eigenvalue weighted by molar-refractivity contribution is -0.124. The summed E-state index contributed by atoms with van der Waals surface area (Å²) in [5.74, 6) is -0.458. The lowest BCUT2D eigenvalue weighted by Gasteiger charge is -2.33. The highest BCUT2D eigenvalue weighted by atomic mass is 35.5. The average Bonchev–Trinajstić information content (AvgIpc) is 2.50. The molecule has 8 heteroatoms. The first-order chi connectivity index (χ1) is 10.6. The van der Waals surface area contributed by atoms with Crippen molar-refractivity contribution in [2.45, 2.75) is 19.3 Å². The zero-order valence-electron chi connectivity index (χ0n) is 12.6. The molecule has 0 radical (unpaired) electrons. The second-order valence-corrected chi connectivity index (χ2v) is 5.52. The largest absolute Gasteiger partial charge is 0.398 e. The summed E-state index contributed by atoms with van der Waals surface area (Å²) in [4.78, 5) is 38.5. The molecule has 2 aliphatic rings. The van der Waals surface area contributed by atoms with Crippen molar-refractivity contribution in [3.05, 3.63) is 23.8 Å². The van der Waals surface area contributed by atoms with Gasteiger partial charge in [-0.25, -0.2) is 4.79 Å². The smallest absolute Gasteiger partial charge is 0.324 e. The van der Waals surface area contributed by atoms with E-state index in [0.717, 1.165) is 24.1 Å². The third kappa shape index (κ3) is 3.39. The van der Waals surface area contributed by atoms with Crippen molar-refractivity contribution in [1.82, 2.24) is 10.2 Å². The van der Waals surface area contributed by atoms with Crippen LogP contribution in [0.15, 0.2) is 18.2 Å². The summed E-state index contributed by atoms with van der Waals surface area (Å²) in [6.45, 7) is 0.852. The summed E-state index contributed by atoms with van der Waals surface area (Å²) < 4.78 is 0. The van der Waals surface area contributed by atoms with E-state index in [-0.39, 0.29) is 43.7 Å². The van der Waals surface area contributed by atoms with Gasteiger partial charge in [-0.2, -0.15) is 0 Å². The fourth-order valence-corrected chi connectivity index (χ4v) is 2.91. The quantitative estimate of drug-likeness (QED) is 0.783. The standard InChI is InChI=1S/C15H18N4O3.ClH/c16-11-4-1-5-12-10(11)3-2-7-19(12)14(21)9-18-8-6-13(20)17-15(18)22;/h1,4-5H,2-3,6-9,16H2,(H,17,20,22);1H. The molecule has 0 bridgehead atoms. The van der Waals surface area contributed by atoms with E-state index in [9.17, 15) is 14.4 Å². The van der Waals surface area contributed by atoms with Crippen LogP contribution in [0, 0.1) is 0 Å². The van der Waals surface area contributed by atoms with Crippen molar-refractivity contribution >= 4 is 41.6 Å². The summed E-state index contributed by atoms with van der Waals surface area (Å²) in [7, 11) is 0. The number of hydrogen-bond acceptors (Lipinski definition) is 4. The minimum atomic E-state index is -0.505. The third-order valence-corrected chi connectivity index (χ3v) is 4.06. The van der Waals surface area contributed by atoms with E-state index >= 15 is 0 Å². The van der Waals surface area contributed by atoms with Gasteiger partial charge in [-0.1, -0.05) is 6.07 Å². The number of nitrogens with zero attached hydrogens (tertiary/aromatic N) is 2. The Kier molecular flexibility index (Phi) is 5.10. The molecule has 124 valence electrons. The first kappa shape index (κ1) is 17.1. The van der Waals surface area contributed by atoms with Gasteiger partial charge in [0.25, 0.3) is 0 Å². The molecule has 0 saturated carbocycles. The minimum absolute atomic E-state index is 0. The number of carbonyl (C=O) groups excluding carboxylic acids is 3. The molecule has 3 N–H and O–H groups in total. The molecule has 0 aromatic heterocycles. The molecule has 0 aliphatic carbocycles. The lowest BCUT2D eigenvalue weighted by atomic mass is 10.00. The molecule has 0 atom stereocenters. The van der Waals surface area contributed by atoms with Crippen LogP contribution in [0.25, 0.3) is 0 Å². The average molecular weight is 339 g/mol. The van der Waals surface area contributed by atoms with E-state index in [4.69, 9.17) is 5.73 Å². The molecular weight excluding hydrogens is 320 g/mol. The Hall–Kier alpha value is -2.28. The summed E-state index contributed by atoms with van der Waals surface area (Å²) in [5, 5.41) is 2.22. The van der Waals surface area contributed by atoms with E-state index in [2.05, 4.69) is 5.32 Å². The predicted molar refractivity (Wildman–Crippen MR) is 88.5 cm³/mol. The number of nitrogens with one attached hydrogen (secondary N) is 1. The second kappa shape index (κ2) is 6.87. The Morgan fingerprint density at radius 3 is 2.74 bits per heavy atom. The molecular formula is C15H19ClN4O3. The van der Waals surface area contributed by atoms with Gasteiger partial charge in [-0.3, -0.25) is 14.9 Å². The number of benzene rings is 1. The van der Waals surface area contributed by atoms with Crippen LogP contribution in [-0.2, 0) is 16.0 Å². The molecule has 1 aromatic carbocycles. The molecule has 2 aliphatic heterocycles. The molecule has 0 spiro atoms. The molecule has 1 saturated heterocycles. The van der Waals surface area contributed by atoms with Gasteiger partial charge in [0.1, 0.15) is 6.54 Å². The number of amides is 4. The van der Waals surface area contributed by atoms with Crippen molar-refractivity contribution in [1.29, 1.82) is 0 Å². The molecule has 3 rings (SSSR count). The highest BCUT2D eigenvalue weighted by Crippen LogP contribution is 2.31. The van der Waals surface area contributed by atoms with Crippen LogP contribution in [0.2, 0.25) is 0 Å². The Labute approximate surface area is 140 Å². The number of nitrogens with two attached hydrogens (primary N) is 1. The molecule has 0 unspecified atom stereocenters. The molecule has 1 aromatic rings. The molecule has 23 heavy (non-hydrogen) atoms. The Bertz CT molecular complexity index is 650. The van der Waals surface area contributed by atoms with Crippen LogP contribution in [0.4, 0.5) is 16.2 Å². The van der Waals surface area contributed by atoms with E-state index in [0.29, 0.717) is 12.2 Å². The number of fused-ring (bicyclic) bond motifs is 1. The van der Waals surface area contributed by atoms with Gasteiger partial charge in [0.15, 0.2) is 0 Å². The Morgan fingerprint density at radius 1 is 1.22 bits per heavy atom. The maximum absolute atomic E-state index is 12.5. The van der Waals surface area contributed by atoms with E-state index in [1.54, 1.807) is 4.90 Å². The first-order valence-electron chi connectivity index (χ1n) is 7.33. The van der Waals surface area contributed by atoms with Crippen LogP contribution in [0.5, 0.6) is 0 Å². The van der Waals surface area contributed by atoms with Crippen molar-refractivity contribution in [3.63, 3.8) is 0 Å². The molecule has 2 heterocycles. The monoisotopic (exact) mass is 338 g/mol. The Balaban J connectivity index is 0.00000192. The number of carbonyl (C=O) groups is 3. The number of anilines is 2. The highest BCUT2D eigenvalue weighted by molar-refractivity contribution is 6.01. The number of imide groups is 1. The number of hydrogen-bond donors (Lipinski definition) is 2. The highest BCUT2D eigenvalue weighted by Gasteiger charge is 2.29. The van der Waals surface area contributed by atoms with Crippen LogP contribution in [0.1, 0.15) is 18.4 Å². The molecule has 7 nitrogen and oxygen atoms in total. The first-order valence-corrected chi connectivity index (χ1v) is 7.33. The fourth-order valence-electron chi connectivity index (χ4n) is 2.91. The summed E-state index contributed by atoms with van der Waals surface area (Å²) in [6, 6.07) is 5.03. The number of halogens is 1. The fraction of sp³-hybridized carbons (Fsp3) is 0.400. The van der Waals surface area contributed by atoms with Gasteiger partial charge < -0.3 is 15.5 Å². The van der Waals surface area contributed by atoms with Gasteiger partial charge in [0.2, 0.25) is 11.8 Å². The van der Waals surface area contributed by atoms with Gasteiger partial charge in [0, 0.05) is 30.9 Å². The maximum atomic E-state index is 12.5. The van der Waals surface area contributed by atoms with Gasteiger partial charge >= 0.3 is 6.03 Å². The predicted octanol–water partition coefficient (Wildman–Crippen LogP) is 0.912. The maximum Gasteiger partial charge on any atom is 0.324 e. The number of rotatable bonds is 2. The van der Waals surface area contributed by atoms with E-state index in [1.807, 2.05) is 18.2 Å². The van der Waals surface area contributed by atoms with Crippen LogP contribution >= 0.6 is 12.4 Å². The zero-order chi connectivity index (χ0) is 15.7. The normalized spacial score (nSPS) is 17.2. The van der Waals surface area contributed by atoms with Crippen LogP contribution in [-0.4, -0.2) is 42.4 Å². The Morgan fingerprint density at radius 2 is 2.00 bits per heavy atom. The SMILES string of the molecule is Cl.Nc1cccc2c1CCCN2C(=O)CN1CCC(=O)NC1=O. The minimum Gasteiger partial charge on any atom is -0.398 e. The van der Waals surface area contributed by atoms with Crippen molar-refractivity contribution < 1.29 is 14.4 Å². The third-order valence-electron chi connectivity index (χ3n) is 4.06. The summed E-state index contributed by atoms with van der Waals surface area (Å²) in [5.41, 5.74) is 8.48. The van der Waals surface area contributed by atoms with E-state index in [1.165, 1.54) is 4.90 Å². The lowest BCUT2D eigenvalue weighted by Crippen LogP contribution is -2.53. The topological polar surface area (TPSA) is 95.7 Å². The van der Waals surface area contributed by atoms with Crippen molar-refractivity contribution in [3.8, 4) is 0 Å². The van der Waals surface area contributed by atoms with Crippen molar-refractivity contribution in [2.75, 3.05) is 30.3 Å². The second-order valence-electron chi connectivity index (χ2n) is 5.52.